The summed E-state index contributed by atoms with van der Waals surface area (Å²) in [6, 6.07) is 0. The van der Waals surface area contributed by atoms with E-state index in [1.807, 2.05) is 6.92 Å². The van der Waals surface area contributed by atoms with Crippen LogP contribution >= 0.6 is 15.9 Å². The smallest absolute Gasteiger partial charge is 0.148 e. The quantitative estimate of drug-likeness (QED) is 0.851. The first-order valence-electron chi connectivity index (χ1n) is 5.43. The van der Waals surface area contributed by atoms with Crippen LogP contribution in [0.1, 0.15) is 19.8 Å². The Kier molecular flexibility index (Phi) is 2.07. The summed E-state index contributed by atoms with van der Waals surface area (Å²) in [5, 5.41) is 9.76. The van der Waals surface area contributed by atoms with Gasteiger partial charge in [0.15, 0.2) is 0 Å². The molecule has 16 heavy (non-hydrogen) atoms. The number of halogens is 1. The average Bonchev–Trinajstić information content (AvgIpc) is 2.09. The fraction of sp³-hybridized carbons (Fsp3) is 0.636. The maximum Gasteiger partial charge on any atom is 0.148 e. The first kappa shape index (κ1) is 10.5. The van der Waals surface area contributed by atoms with Gasteiger partial charge in [-0.1, -0.05) is 0 Å². The molecule has 0 aromatic carbocycles. The Morgan fingerprint density at radius 1 is 1.38 bits per heavy atom. The molecule has 1 aromatic heterocycles. The van der Waals surface area contributed by atoms with Gasteiger partial charge in [-0.3, -0.25) is 4.98 Å². The summed E-state index contributed by atoms with van der Waals surface area (Å²) in [7, 11) is 0. The summed E-state index contributed by atoms with van der Waals surface area (Å²) < 4.78 is 0.770. The Morgan fingerprint density at radius 2 is 2.06 bits per heavy atom. The summed E-state index contributed by atoms with van der Waals surface area (Å²) in [4.78, 5) is 10.7. The normalized spacial score (nSPS) is 25.1. The van der Waals surface area contributed by atoms with Gasteiger partial charge in [0.2, 0.25) is 0 Å². The van der Waals surface area contributed by atoms with Gasteiger partial charge in [0, 0.05) is 18.5 Å². The summed E-state index contributed by atoms with van der Waals surface area (Å²) in [6.07, 6.45) is 5.30. The van der Waals surface area contributed by atoms with Crippen LogP contribution in [0, 0.1) is 5.41 Å². The van der Waals surface area contributed by atoms with Gasteiger partial charge in [-0.15, -0.1) is 0 Å². The van der Waals surface area contributed by atoms with Crippen molar-refractivity contribution in [3.8, 4) is 0 Å². The molecule has 0 atom stereocenters. The highest BCUT2D eigenvalue weighted by Gasteiger charge is 2.57. The molecule has 0 amide bonds. The number of hydrogen-bond donors (Lipinski definition) is 1. The van der Waals surface area contributed by atoms with Gasteiger partial charge in [-0.05, 0) is 35.7 Å². The molecule has 2 aliphatic rings. The maximum atomic E-state index is 9.76. The van der Waals surface area contributed by atoms with Crippen LogP contribution in [0.3, 0.4) is 0 Å². The van der Waals surface area contributed by atoms with Crippen molar-refractivity contribution in [2.24, 2.45) is 5.41 Å². The molecule has 1 N–H and O–H groups in total. The fourth-order valence-electron chi connectivity index (χ4n) is 3.20. The van der Waals surface area contributed by atoms with Crippen LogP contribution in [0.4, 0.5) is 5.82 Å². The molecule has 2 fully saturated rings. The van der Waals surface area contributed by atoms with E-state index in [1.54, 1.807) is 12.4 Å². The maximum absolute atomic E-state index is 9.76. The summed E-state index contributed by atoms with van der Waals surface area (Å²) in [5.74, 6) is 0.923. The molecular weight excluding hydrogens is 270 g/mol. The zero-order valence-electron chi connectivity index (χ0n) is 9.15. The van der Waals surface area contributed by atoms with Crippen molar-refractivity contribution in [3.05, 3.63) is 17.0 Å². The Labute approximate surface area is 103 Å². The minimum Gasteiger partial charge on any atom is -0.390 e. The van der Waals surface area contributed by atoms with Gasteiger partial charge in [-0.2, -0.15) is 0 Å². The second-order valence-electron chi connectivity index (χ2n) is 5.41. The summed E-state index contributed by atoms with van der Waals surface area (Å²) in [6.45, 7) is 3.91. The Hall–Kier alpha value is -0.680. The van der Waals surface area contributed by atoms with Crippen molar-refractivity contribution in [2.45, 2.75) is 25.4 Å². The Balaban J connectivity index is 1.66. The predicted octanol–water partition coefficient (Wildman–Crippen LogP) is 1.59. The van der Waals surface area contributed by atoms with Crippen LogP contribution in [0.15, 0.2) is 17.0 Å². The highest BCUT2D eigenvalue weighted by Crippen LogP contribution is 2.54. The van der Waals surface area contributed by atoms with Crippen LogP contribution in [-0.2, 0) is 0 Å². The molecule has 2 heterocycles. The zero-order chi connectivity index (χ0) is 11.4. The molecule has 1 aliphatic carbocycles. The van der Waals surface area contributed by atoms with Gasteiger partial charge >= 0.3 is 0 Å². The number of anilines is 1. The topological polar surface area (TPSA) is 49.2 Å². The lowest BCUT2D eigenvalue weighted by molar-refractivity contribution is -0.126. The van der Waals surface area contributed by atoms with Gasteiger partial charge in [0.05, 0.1) is 18.0 Å². The minimum atomic E-state index is -0.435. The first-order valence-corrected chi connectivity index (χ1v) is 6.22. The van der Waals surface area contributed by atoms with Gasteiger partial charge in [0.25, 0.3) is 0 Å². The lowest BCUT2D eigenvalue weighted by atomic mass is 9.56. The lowest BCUT2D eigenvalue weighted by Crippen LogP contribution is -2.67. The van der Waals surface area contributed by atoms with Gasteiger partial charge in [0.1, 0.15) is 10.4 Å². The molecule has 1 aliphatic heterocycles. The Bertz CT molecular complexity index is 419. The highest BCUT2D eigenvalue weighted by atomic mass is 79.9. The van der Waals surface area contributed by atoms with E-state index in [0.717, 1.165) is 36.4 Å². The number of nitrogens with zero attached hydrogens (tertiary/aromatic N) is 3. The molecular formula is C11H14BrN3O. The molecule has 4 nitrogen and oxygen atoms in total. The number of hydrogen-bond acceptors (Lipinski definition) is 4. The van der Waals surface area contributed by atoms with E-state index in [9.17, 15) is 5.11 Å². The molecule has 3 rings (SSSR count). The van der Waals surface area contributed by atoms with Crippen molar-refractivity contribution < 1.29 is 5.11 Å². The second-order valence-corrected chi connectivity index (χ2v) is 6.22. The summed E-state index contributed by atoms with van der Waals surface area (Å²) in [5.41, 5.74) is -0.0947. The van der Waals surface area contributed by atoms with E-state index in [1.165, 1.54) is 0 Å². The van der Waals surface area contributed by atoms with Crippen LogP contribution in [0.5, 0.6) is 0 Å². The average molecular weight is 284 g/mol. The standard InChI is InChI=1S/C11H14BrN3O/c1-10(16)4-11(5-10)6-15(7-11)9-3-13-2-8(12)14-9/h2-3,16H,4-7H2,1H3. The van der Waals surface area contributed by atoms with Crippen LogP contribution in [-0.4, -0.2) is 33.8 Å². The molecule has 86 valence electrons. The van der Waals surface area contributed by atoms with Crippen molar-refractivity contribution in [1.29, 1.82) is 0 Å². The molecule has 1 aromatic rings. The third-order valence-electron chi connectivity index (χ3n) is 3.48. The number of aromatic nitrogens is 2. The predicted molar refractivity (Wildman–Crippen MR) is 64.2 cm³/mol. The monoisotopic (exact) mass is 283 g/mol. The SMILES string of the molecule is CC1(O)CC2(CN(c3cncc(Br)n3)C2)C1. The van der Waals surface area contributed by atoms with Crippen molar-refractivity contribution in [2.75, 3.05) is 18.0 Å². The third kappa shape index (κ3) is 1.62. The van der Waals surface area contributed by atoms with E-state index in [-0.39, 0.29) is 0 Å². The first-order chi connectivity index (χ1) is 7.48. The lowest BCUT2D eigenvalue weighted by Gasteiger charge is -2.61. The van der Waals surface area contributed by atoms with E-state index in [0.29, 0.717) is 5.41 Å². The number of rotatable bonds is 1. The molecule has 0 unspecified atom stereocenters. The fourth-order valence-corrected chi connectivity index (χ4v) is 3.50. The largest absolute Gasteiger partial charge is 0.390 e. The van der Waals surface area contributed by atoms with Crippen LogP contribution in [0.2, 0.25) is 0 Å². The van der Waals surface area contributed by atoms with Crippen molar-refractivity contribution in [3.63, 3.8) is 0 Å². The number of aliphatic hydroxyl groups is 1. The molecule has 1 spiro atoms. The van der Waals surface area contributed by atoms with Crippen molar-refractivity contribution in [1.82, 2.24) is 9.97 Å². The minimum absolute atomic E-state index is 0.341. The Morgan fingerprint density at radius 3 is 2.62 bits per heavy atom. The second kappa shape index (κ2) is 3.17. The highest BCUT2D eigenvalue weighted by molar-refractivity contribution is 9.10. The van der Waals surface area contributed by atoms with Gasteiger partial charge in [-0.25, -0.2) is 4.98 Å². The zero-order valence-corrected chi connectivity index (χ0v) is 10.7. The molecule has 1 saturated carbocycles. The molecule has 0 radical (unpaired) electrons. The van der Waals surface area contributed by atoms with Crippen LogP contribution < -0.4 is 4.90 Å². The van der Waals surface area contributed by atoms with Gasteiger partial charge < -0.3 is 10.0 Å². The van der Waals surface area contributed by atoms with E-state index < -0.39 is 5.60 Å². The third-order valence-corrected chi connectivity index (χ3v) is 3.86. The molecule has 5 heteroatoms. The molecule has 0 bridgehead atoms. The van der Waals surface area contributed by atoms with Crippen LogP contribution in [0.25, 0.3) is 0 Å². The van der Waals surface area contributed by atoms with E-state index in [2.05, 4.69) is 30.8 Å². The van der Waals surface area contributed by atoms with E-state index in [4.69, 9.17) is 0 Å². The summed E-state index contributed by atoms with van der Waals surface area (Å²) >= 11 is 3.32. The molecule has 1 saturated heterocycles. The van der Waals surface area contributed by atoms with E-state index >= 15 is 0 Å². The van der Waals surface area contributed by atoms with Crippen molar-refractivity contribution >= 4 is 21.7 Å².